The molecule has 0 heterocycles. The minimum absolute atomic E-state index is 0.00824. The van der Waals surface area contributed by atoms with Gasteiger partial charge in [-0.15, -0.1) is 0 Å². The fourth-order valence-electron chi connectivity index (χ4n) is 2.64. The average molecular weight is 355 g/mol. The maximum absolute atomic E-state index is 11.6. The number of hydrogen-bond acceptors (Lipinski definition) is 6. The fourth-order valence-corrected chi connectivity index (χ4v) is 2.64. The van der Waals surface area contributed by atoms with Crippen molar-refractivity contribution in [3.8, 4) is 11.5 Å². The van der Waals surface area contributed by atoms with E-state index in [0.717, 1.165) is 10.6 Å². The average Bonchev–Trinajstić information content (AvgIpc) is 2.54. The second kappa shape index (κ2) is 9.45. The maximum Gasteiger partial charge on any atom is 0.329 e. The van der Waals surface area contributed by atoms with Crippen molar-refractivity contribution in [1.29, 1.82) is 0 Å². The second-order valence-corrected chi connectivity index (χ2v) is 6.61. The standard InChI is InChI=1S/C17H29N3O5/c1-17(2,11-24-3)15(20(19)16(18)23)10-12-5-6-13(22)14(9-12)25-8-4-7-21/h5-6,9,15,21-22H,4,7-8,10-11,19H2,1-3H3,(H2,18,23). The number of phenolic OH excluding ortho intramolecular Hbond substituents is 1. The lowest BCUT2D eigenvalue weighted by atomic mass is 9.81. The Balaban J connectivity index is 3.03. The summed E-state index contributed by atoms with van der Waals surface area (Å²) in [6.45, 7) is 4.55. The number of ether oxygens (including phenoxy) is 2. The molecule has 0 aliphatic rings. The van der Waals surface area contributed by atoms with Crippen LogP contribution in [0.2, 0.25) is 0 Å². The molecule has 0 aromatic heterocycles. The lowest BCUT2D eigenvalue weighted by Crippen LogP contribution is -2.56. The first kappa shape index (κ1) is 21.0. The summed E-state index contributed by atoms with van der Waals surface area (Å²) in [4.78, 5) is 11.6. The Bertz CT molecular complexity index is 565. The highest BCUT2D eigenvalue weighted by atomic mass is 16.5. The Morgan fingerprint density at radius 2 is 2.08 bits per heavy atom. The normalized spacial score (nSPS) is 12.7. The van der Waals surface area contributed by atoms with Crippen molar-refractivity contribution in [2.24, 2.45) is 17.0 Å². The van der Waals surface area contributed by atoms with Crippen LogP contribution in [0.3, 0.4) is 0 Å². The van der Waals surface area contributed by atoms with E-state index in [1.54, 1.807) is 19.2 Å². The minimum Gasteiger partial charge on any atom is -0.504 e. The topological polar surface area (TPSA) is 131 Å². The van der Waals surface area contributed by atoms with Crippen LogP contribution >= 0.6 is 0 Å². The van der Waals surface area contributed by atoms with Crippen LogP contribution < -0.4 is 16.3 Å². The largest absolute Gasteiger partial charge is 0.504 e. The number of aromatic hydroxyl groups is 1. The third-order valence-electron chi connectivity index (χ3n) is 4.02. The predicted octanol–water partition coefficient (Wildman–Crippen LogP) is 0.992. The molecule has 0 bridgehead atoms. The minimum atomic E-state index is -0.729. The number of rotatable bonds is 10. The van der Waals surface area contributed by atoms with Gasteiger partial charge in [-0.1, -0.05) is 19.9 Å². The van der Waals surface area contributed by atoms with Gasteiger partial charge in [0.2, 0.25) is 0 Å². The third-order valence-corrected chi connectivity index (χ3v) is 4.02. The van der Waals surface area contributed by atoms with Gasteiger partial charge in [-0.05, 0) is 24.1 Å². The van der Waals surface area contributed by atoms with Gasteiger partial charge in [-0.3, -0.25) is 5.01 Å². The number of nitrogens with zero attached hydrogens (tertiary/aromatic N) is 1. The number of hydrazine groups is 1. The van der Waals surface area contributed by atoms with Gasteiger partial charge in [0, 0.05) is 25.6 Å². The van der Waals surface area contributed by atoms with E-state index in [1.165, 1.54) is 6.07 Å². The molecule has 1 rings (SSSR count). The molecule has 25 heavy (non-hydrogen) atoms. The van der Waals surface area contributed by atoms with E-state index in [2.05, 4.69) is 0 Å². The Labute approximate surface area is 148 Å². The van der Waals surface area contributed by atoms with Gasteiger partial charge in [0.25, 0.3) is 0 Å². The number of benzene rings is 1. The monoisotopic (exact) mass is 355 g/mol. The number of carbonyl (C=O) groups excluding carboxylic acids is 1. The van der Waals surface area contributed by atoms with Crippen LogP contribution in [0.1, 0.15) is 25.8 Å². The summed E-state index contributed by atoms with van der Waals surface area (Å²) in [7, 11) is 1.58. The molecule has 0 spiro atoms. The Morgan fingerprint density at radius 3 is 2.64 bits per heavy atom. The molecule has 2 amide bonds. The highest BCUT2D eigenvalue weighted by Crippen LogP contribution is 2.31. The van der Waals surface area contributed by atoms with Crippen LogP contribution in [-0.2, 0) is 11.2 Å². The molecule has 0 radical (unpaired) electrons. The summed E-state index contributed by atoms with van der Waals surface area (Å²) < 4.78 is 10.7. The highest BCUT2D eigenvalue weighted by molar-refractivity contribution is 5.71. The molecule has 0 saturated heterocycles. The van der Waals surface area contributed by atoms with Crippen molar-refractivity contribution in [1.82, 2.24) is 5.01 Å². The van der Waals surface area contributed by atoms with E-state index in [1.807, 2.05) is 13.8 Å². The fraction of sp³-hybridized carbons (Fsp3) is 0.588. The number of methoxy groups -OCH3 is 1. The van der Waals surface area contributed by atoms with E-state index < -0.39 is 17.5 Å². The zero-order chi connectivity index (χ0) is 19.0. The summed E-state index contributed by atoms with van der Waals surface area (Å²) in [5, 5.41) is 19.7. The van der Waals surface area contributed by atoms with Gasteiger partial charge < -0.3 is 25.4 Å². The van der Waals surface area contributed by atoms with Crippen LogP contribution in [0.4, 0.5) is 4.79 Å². The number of phenols is 1. The molecule has 0 aliphatic heterocycles. The lowest BCUT2D eigenvalue weighted by molar-refractivity contribution is 0.0349. The number of hydrogen-bond donors (Lipinski definition) is 4. The SMILES string of the molecule is COCC(C)(C)C(Cc1ccc(O)c(OCCCO)c1)N(N)C(N)=O. The summed E-state index contributed by atoms with van der Waals surface area (Å²) in [5.41, 5.74) is 5.72. The zero-order valence-corrected chi connectivity index (χ0v) is 15.1. The number of amides is 2. The molecule has 0 aliphatic carbocycles. The van der Waals surface area contributed by atoms with E-state index in [-0.39, 0.29) is 19.0 Å². The smallest absolute Gasteiger partial charge is 0.329 e. The first-order valence-corrected chi connectivity index (χ1v) is 8.10. The summed E-state index contributed by atoms with van der Waals surface area (Å²) in [5.74, 6) is 6.21. The van der Waals surface area contributed by atoms with Crippen LogP contribution in [0.25, 0.3) is 0 Å². The summed E-state index contributed by atoms with van der Waals surface area (Å²) in [6, 6.07) is 3.80. The molecule has 1 aromatic rings. The molecule has 8 nitrogen and oxygen atoms in total. The predicted molar refractivity (Wildman–Crippen MR) is 94.1 cm³/mol. The van der Waals surface area contributed by atoms with Crippen molar-refractivity contribution in [2.45, 2.75) is 32.7 Å². The van der Waals surface area contributed by atoms with Gasteiger partial charge in [-0.25, -0.2) is 10.6 Å². The van der Waals surface area contributed by atoms with Gasteiger partial charge in [0.05, 0.1) is 19.3 Å². The maximum atomic E-state index is 11.6. The molecule has 6 N–H and O–H groups in total. The number of aliphatic hydroxyl groups is 1. The zero-order valence-electron chi connectivity index (χ0n) is 15.1. The van der Waals surface area contributed by atoms with E-state index in [9.17, 15) is 9.90 Å². The Hall–Kier alpha value is -2.03. The van der Waals surface area contributed by atoms with Crippen molar-refractivity contribution in [3.63, 3.8) is 0 Å². The lowest BCUT2D eigenvalue weighted by Gasteiger charge is -2.38. The van der Waals surface area contributed by atoms with Gasteiger partial charge >= 0.3 is 6.03 Å². The Kier molecular flexibility index (Phi) is 7.95. The third kappa shape index (κ3) is 6.08. The first-order chi connectivity index (χ1) is 11.7. The number of urea groups is 1. The van der Waals surface area contributed by atoms with Crippen LogP contribution in [0, 0.1) is 5.41 Å². The number of nitrogens with two attached hydrogens (primary N) is 2. The number of primary amides is 1. The van der Waals surface area contributed by atoms with Crippen LogP contribution in [-0.4, -0.2) is 54.2 Å². The molecule has 1 unspecified atom stereocenters. The van der Waals surface area contributed by atoms with Crippen molar-refractivity contribution in [2.75, 3.05) is 26.9 Å². The molecular weight excluding hydrogens is 326 g/mol. The molecule has 1 atom stereocenters. The highest BCUT2D eigenvalue weighted by Gasteiger charge is 2.35. The van der Waals surface area contributed by atoms with Gasteiger partial charge in [-0.2, -0.15) is 0 Å². The number of aliphatic hydroxyl groups excluding tert-OH is 1. The summed E-state index contributed by atoms with van der Waals surface area (Å²) >= 11 is 0. The van der Waals surface area contributed by atoms with Gasteiger partial charge in [0.15, 0.2) is 11.5 Å². The molecule has 8 heteroatoms. The molecule has 0 saturated carbocycles. The van der Waals surface area contributed by atoms with Gasteiger partial charge in [0.1, 0.15) is 0 Å². The van der Waals surface area contributed by atoms with E-state index >= 15 is 0 Å². The second-order valence-electron chi connectivity index (χ2n) is 6.61. The quantitative estimate of drug-likeness (QED) is 0.214. The van der Waals surface area contributed by atoms with E-state index in [0.29, 0.717) is 25.2 Å². The van der Waals surface area contributed by atoms with Crippen molar-refractivity contribution in [3.05, 3.63) is 23.8 Å². The van der Waals surface area contributed by atoms with Crippen molar-refractivity contribution < 1.29 is 24.5 Å². The van der Waals surface area contributed by atoms with Crippen LogP contribution in [0.15, 0.2) is 18.2 Å². The molecule has 0 fully saturated rings. The molecular formula is C17H29N3O5. The Morgan fingerprint density at radius 1 is 1.40 bits per heavy atom. The number of carbonyl (C=O) groups is 1. The van der Waals surface area contributed by atoms with Crippen LogP contribution in [0.5, 0.6) is 11.5 Å². The van der Waals surface area contributed by atoms with Crippen molar-refractivity contribution >= 4 is 6.03 Å². The molecule has 1 aromatic carbocycles. The van der Waals surface area contributed by atoms with E-state index in [4.69, 9.17) is 26.2 Å². The first-order valence-electron chi connectivity index (χ1n) is 8.10. The summed E-state index contributed by atoms with van der Waals surface area (Å²) in [6.07, 6.45) is 0.873. The molecule has 142 valence electrons.